The SMILES string of the molecule is c1ccc(-c2ccccc2-c2c(-c3ccccc3)cccc2N(c2ccc(-c3cccc4sc5ccccc5c34)cc2)c2cccc3oc4ccccc4c23)cc1. The molecule has 57 heavy (non-hydrogen) atoms. The number of fused-ring (bicyclic) bond motifs is 6. The van der Waals surface area contributed by atoms with Gasteiger partial charge in [-0.3, -0.25) is 0 Å². The van der Waals surface area contributed by atoms with Crippen molar-refractivity contribution < 1.29 is 4.42 Å². The Labute approximate surface area is 335 Å². The summed E-state index contributed by atoms with van der Waals surface area (Å²) in [7, 11) is 0. The van der Waals surface area contributed by atoms with E-state index >= 15 is 0 Å². The Morgan fingerprint density at radius 1 is 0.333 bits per heavy atom. The largest absolute Gasteiger partial charge is 0.456 e. The summed E-state index contributed by atoms with van der Waals surface area (Å²) in [5.74, 6) is 0. The van der Waals surface area contributed by atoms with Gasteiger partial charge in [-0.25, -0.2) is 0 Å². The van der Waals surface area contributed by atoms with E-state index in [1.807, 2.05) is 17.4 Å². The van der Waals surface area contributed by atoms with Crippen LogP contribution in [-0.2, 0) is 0 Å². The second-order valence-electron chi connectivity index (χ2n) is 14.4. The fourth-order valence-corrected chi connectivity index (χ4v) is 9.73. The normalized spacial score (nSPS) is 11.5. The summed E-state index contributed by atoms with van der Waals surface area (Å²) in [4.78, 5) is 2.44. The molecule has 0 aliphatic heterocycles. The number of anilines is 3. The molecular formula is C54H35NOS. The Morgan fingerprint density at radius 2 is 0.877 bits per heavy atom. The first-order valence-electron chi connectivity index (χ1n) is 19.3. The molecule has 2 heterocycles. The summed E-state index contributed by atoms with van der Waals surface area (Å²) in [5.41, 5.74) is 14.4. The number of furan rings is 1. The molecule has 0 unspecified atom stereocenters. The first-order valence-corrected chi connectivity index (χ1v) is 20.2. The van der Waals surface area contributed by atoms with E-state index in [1.165, 1.54) is 53.6 Å². The van der Waals surface area contributed by atoms with Gasteiger partial charge >= 0.3 is 0 Å². The summed E-state index contributed by atoms with van der Waals surface area (Å²) >= 11 is 1.86. The van der Waals surface area contributed by atoms with Crippen molar-refractivity contribution in [3.63, 3.8) is 0 Å². The van der Waals surface area contributed by atoms with Crippen molar-refractivity contribution in [1.29, 1.82) is 0 Å². The van der Waals surface area contributed by atoms with E-state index in [1.54, 1.807) is 0 Å². The molecule has 0 atom stereocenters. The fourth-order valence-electron chi connectivity index (χ4n) is 8.59. The number of benzene rings is 9. The van der Waals surface area contributed by atoms with E-state index in [-0.39, 0.29) is 0 Å². The third kappa shape index (κ3) is 5.63. The molecule has 2 aromatic heterocycles. The highest BCUT2D eigenvalue weighted by Gasteiger charge is 2.25. The van der Waals surface area contributed by atoms with Gasteiger partial charge in [-0.2, -0.15) is 0 Å². The molecule has 0 radical (unpaired) electrons. The standard InChI is InChI=1S/C54H35NOS/c1-3-16-36(17-4-1)40-20-7-8-21-43(40)52-41(37-18-5-2-6-19-37)24-13-26-46(52)55(47-27-15-29-49-54(47)44-22-9-11-28-48(44)56-49)39-34-32-38(33-35-39)42-25-14-31-51-53(42)45-23-10-12-30-50(45)57-51/h1-35H. The zero-order valence-corrected chi connectivity index (χ0v) is 31.8. The minimum Gasteiger partial charge on any atom is -0.456 e. The van der Waals surface area contributed by atoms with Crippen molar-refractivity contribution in [2.24, 2.45) is 0 Å². The molecule has 0 saturated carbocycles. The Kier molecular flexibility index (Phi) is 8.04. The molecule has 0 bridgehead atoms. The molecule has 0 spiro atoms. The molecular weight excluding hydrogens is 711 g/mol. The number of hydrogen-bond acceptors (Lipinski definition) is 3. The Balaban J connectivity index is 1.20. The van der Waals surface area contributed by atoms with Crippen molar-refractivity contribution in [1.82, 2.24) is 0 Å². The van der Waals surface area contributed by atoms with E-state index < -0.39 is 0 Å². The van der Waals surface area contributed by atoms with E-state index in [0.717, 1.165) is 50.1 Å². The van der Waals surface area contributed by atoms with Crippen LogP contribution in [0.15, 0.2) is 217 Å². The summed E-state index contributed by atoms with van der Waals surface area (Å²) in [6.45, 7) is 0. The fraction of sp³-hybridized carbons (Fsp3) is 0. The molecule has 268 valence electrons. The predicted octanol–water partition coefficient (Wildman–Crippen LogP) is 16.1. The Morgan fingerprint density at radius 3 is 1.68 bits per heavy atom. The monoisotopic (exact) mass is 745 g/mol. The number of nitrogens with zero attached hydrogens (tertiary/aromatic N) is 1. The smallest absolute Gasteiger partial charge is 0.137 e. The first-order chi connectivity index (χ1) is 28.3. The van der Waals surface area contributed by atoms with Gasteiger partial charge < -0.3 is 9.32 Å². The molecule has 0 fully saturated rings. The van der Waals surface area contributed by atoms with Gasteiger partial charge in [-0.05, 0) is 87.5 Å². The third-order valence-corrected chi connectivity index (χ3v) is 12.2. The molecule has 11 rings (SSSR count). The maximum Gasteiger partial charge on any atom is 0.137 e. The molecule has 11 aromatic rings. The van der Waals surface area contributed by atoms with Gasteiger partial charge in [0.25, 0.3) is 0 Å². The summed E-state index contributed by atoms with van der Waals surface area (Å²) in [6, 6.07) is 76.4. The maximum atomic E-state index is 6.52. The van der Waals surface area contributed by atoms with Crippen LogP contribution in [0.1, 0.15) is 0 Å². The minimum atomic E-state index is 0.858. The van der Waals surface area contributed by atoms with Crippen molar-refractivity contribution in [2.45, 2.75) is 0 Å². The van der Waals surface area contributed by atoms with E-state index in [9.17, 15) is 0 Å². The zero-order chi connectivity index (χ0) is 37.7. The van der Waals surface area contributed by atoms with Gasteiger partial charge in [-0.15, -0.1) is 11.3 Å². The van der Waals surface area contributed by atoms with Gasteiger partial charge in [0.2, 0.25) is 0 Å². The highest BCUT2D eigenvalue weighted by molar-refractivity contribution is 7.25. The maximum absolute atomic E-state index is 6.52. The van der Waals surface area contributed by atoms with Crippen molar-refractivity contribution >= 4 is 70.5 Å². The molecule has 0 saturated heterocycles. The summed E-state index contributed by atoms with van der Waals surface area (Å²) in [6.07, 6.45) is 0. The van der Waals surface area contributed by atoms with Crippen LogP contribution in [0.2, 0.25) is 0 Å². The number of hydrogen-bond donors (Lipinski definition) is 0. The van der Waals surface area contributed by atoms with Crippen molar-refractivity contribution in [3.8, 4) is 44.5 Å². The van der Waals surface area contributed by atoms with Gasteiger partial charge in [-0.1, -0.05) is 164 Å². The second-order valence-corrected chi connectivity index (χ2v) is 15.5. The highest BCUT2D eigenvalue weighted by Crippen LogP contribution is 2.50. The van der Waals surface area contributed by atoms with E-state index in [4.69, 9.17) is 4.42 Å². The van der Waals surface area contributed by atoms with Gasteiger partial charge in [0, 0.05) is 36.8 Å². The molecule has 0 amide bonds. The minimum absolute atomic E-state index is 0.858. The van der Waals surface area contributed by atoms with Crippen LogP contribution in [-0.4, -0.2) is 0 Å². The molecule has 0 aliphatic rings. The lowest BCUT2D eigenvalue weighted by molar-refractivity contribution is 0.669. The average molecular weight is 746 g/mol. The van der Waals surface area contributed by atoms with Crippen LogP contribution in [0.3, 0.4) is 0 Å². The summed E-state index contributed by atoms with van der Waals surface area (Å²) < 4.78 is 9.13. The topological polar surface area (TPSA) is 16.4 Å². The van der Waals surface area contributed by atoms with Crippen molar-refractivity contribution in [2.75, 3.05) is 4.90 Å². The Bertz CT molecular complexity index is 3230. The van der Waals surface area contributed by atoms with E-state index in [0.29, 0.717) is 0 Å². The third-order valence-electron chi connectivity index (χ3n) is 11.1. The summed E-state index contributed by atoms with van der Waals surface area (Å²) in [5, 5.41) is 4.79. The number of para-hydroxylation sites is 1. The van der Waals surface area contributed by atoms with Crippen LogP contribution in [0.5, 0.6) is 0 Å². The Hall–Kier alpha value is -7.20. The van der Waals surface area contributed by atoms with Crippen LogP contribution in [0, 0.1) is 0 Å². The van der Waals surface area contributed by atoms with Crippen LogP contribution >= 0.6 is 11.3 Å². The second kappa shape index (κ2) is 13.8. The average Bonchev–Trinajstić information content (AvgIpc) is 3.87. The van der Waals surface area contributed by atoms with Crippen molar-refractivity contribution in [3.05, 3.63) is 212 Å². The van der Waals surface area contributed by atoms with Gasteiger partial charge in [0.15, 0.2) is 0 Å². The van der Waals surface area contributed by atoms with Crippen LogP contribution in [0.25, 0.3) is 86.6 Å². The van der Waals surface area contributed by atoms with Gasteiger partial charge in [0.1, 0.15) is 11.2 Å². The number of rotatable bonds is 7. The molecule has 0 N–H and O–H groups in total. The molecule has 3 heteroatoms. The predicted molar refractivity (Wildman–Crippen MR) is 243 cm³/mol. The highest BCUT2D eigenvalue weighted by atomic mass is 32.1. The molecule has 0 aliphatic carbocycles. The molecule has 2 nitrogen and oxygen atoms in total. The lowest BCUT2D eigenvalue weighted by Gasteiger charge is -2.30. The van der Waals surface area contributed by atoms with Crippen LogP contribution in [0.4, 0.5) is 17.1 Å². The quantitative estimate of drug-likeness (QED) is 0.162. The van der Waals surface area contributed by atoms with Gasteiger partial charge in [0.05, 0.1) is 16.8 Å². The zero-order valence-electron chi connectivity index (χ0n) is 31.0. The lowest BCUT2D eigenvalue weighted by Crippen LogP contribution is -2.12. The lowest BCUT2D eigenvalue weighted by atomic mass is 9.87. The van der Waals surface area contributed by atoms with E-state index in [2.05, 4.69) is 211 Å². The number of thiophene rings is 1. The molecule has 9 aromatic carbocycles. The first kappa shape index (κ1) is 33.2. The van der Waals surface area contributed by atoms with Crippen LogP contribution < -0.4 is 4.90 Å².